The van der Waals surface area contributed by atoms with Crippen LogP contribution in [-0.2, 0) is 12.8 Å². The molecule has 2 aliphatic heterocycles. The monoisotopic (exact) mass is 593 g/mol. The molecule has 2 unspecified atom stereocenters. The van der Waals surface area contributed by atoms with Crippen molar-refractivity contribution < 1.29 is 13.6 Å². The van der Waals surface area contributed by atoms with E-state index in [1.807, 2.05) is 6.07 Å². The van der Waals surface area contributed by atoms with E-state index in [0.29, 0.717) is 11.6 Å². The topological polar surface area (TPSA) is 33.8 Å². The number of nitrogens with zero attached hydrogens (tertiary/aromatic N) is 3. The molecule has 2 aromatic carbocycles. The van der Waals surface area contributed by atoms with E-state index in [9.17, 15) is 0 Å². The molecule has 218 valence electrons. The van der Waals surface area contributed by atoms with Gasteiger partial charge < -0.3 is 4.42 Å². The Morgan fingerprint density at radius 3 is 2.64 bits per heavy atom. The lowest BCUT2D eigenvalue weighted by atomic mass is 9.77. The number of aryl methyl sites for hydroxylation is 2. The summed E-state index contributed by atoms with van der Waals surface area (Å²) in [7, 11) is -1.57. The van der Waals surface area contributed by atoms with E-state index in [0.717, 1.165) is 59.0 Å². The summed E-state index contributed by atoms with van der Waals surface area (Å²) in [6.45, 7) is 14.5. The van der Waals surface area contributed by atoms with Crippen molar-refractivity contribution in [2.24, 2.45) is 0 Å². The van der Waals surface area contributed by atoms with Crippen molar-refractivity contribution in [1.29, 1.82) is 0 Å². The van der Waals surface area contributed by atoms with Crippen molar-refractivity contribution in [3.63, 3.8) is 0 Å². The van der Waals surface area contributed by atoms with Crippen LogP contribution in [0.4, 0.5) is 0 Å². The van der Waals surface area contributed by atoms with Gasteiger partial charge in [-0.1, -0.05) is 56.9 Å². The average Bonchev–Trinajstić information content (AvgIpc) is 3.41. The van der Waals surface area contributed by atoms with Crippen molar-refractivity contribution in [3.8, 4) is 22.5 Å². The second-order valence-corrected chi connectivity index (χ2v) is 18.6. The highest BCUT2D eigenvalue weighted by Gasteiger charge is 2.44. The molecule has 0 saturated heterocycles. The maximum atomic E-state index is 6.53. The van der Waals surface area contributed by atoms with Gasteiger partial charge in [0.2, 0.25) is 17.1 Å². The summed E-state index contributed by atoms with van der Waals surface area (Å²) in [6.07, 6.45) is 10.4. The normalized spacial score (nSPS) is 17.9. The highest BCUT2D eigenvalue weighted by molar-refractivity contribution is 6.89. The Labute approximate surface area is 260 Å². The van der Waals surface area contributed by atoms with E-state index in [1.165, 1.54) is 27.9 Å². The third-order valence-corrected chi connectivity index (χ3v) is 12.0. The van der Waals surface area contributed by atoms with Gasteiger partial charge in [-0.2, -0.15) is 9.13 Å². The minimum Gasteiger partial charge on any atom is -0.437 e. The number of allylic oxidation sites excluding steroid dienone is 1. The Bertz CT molecular complexity index is 2120. The zero-order valence-electron chi connectivity index (χ0n) is 26.1. The van der Waals surface area contributed by atoms with Crippen molar-refractivity contribution in [2.45, 2.75) is 64.2 Å². The molecule has 0 amide bonds. The zero-order chi connectivity index (χ0) is 30.2. The molecule has 0 fully saturated rings. The number of pyridine rings is 3. The number of hydrogen-bond donors (Lipinski definition) is 0. The maximum absolute atomic E-state index is 6.53. The van der Waals surface area contributed by atoms with Crippen LogP contribution in [0, 0.1) is 0 Å². The Balaban J connectivity index is 1.37. The molecule has 0 saturated carbocycles. The SMILES string of the molecule is C=C1CC2C(CCc3ccc4c(oc5ncccc54)c3-c3cccc[n+]31)c1ccccc1-c1cc(CC)c([Si](C)(C)C)c[n+]12. The van der Waals surface area contributed by atoms with Gasteiger partial charge in [-0.3, -0.25) is 0 Å². The lowest BCUT2D eigenvalue weighted by Gasteiger charge is -2.33. The van der Waals surface area contributed by atoms with Crippen molar-refractivity contribution in [1.82, 2.24) is 4.98 Å². The number of benzene rings is 2. The van der Waals surface area contributed by atoms with Gasteiger partial charge in [-0.25, -0.2) is 4.98 Å². The summed E-state index contributed by atoms with van der Waals surface area (Å²) in [6, 6.07) is 27.0. The van der Waals surface area contributed by atoms with E-state index in [1.54, 1.807) is 11.4 Å². The van der Waals surface area contributed by atoms with E-state index in [4.69, 9.17) is 11.0 Å². The van der Waals surface area contributed by atoms with E-state index in [-0.39, 0.29) is 6.04 Å². The molecule has 0 N–H and O–H groups in total. The Hall–Kier alpha value is -4.35. The molecule has 8 rings (SSSR count). The molecule has 44 heavy (non-hydrogen) atoms. The first-order valence-corrected chi connectivity index (χ1v) is 19.5. The molecule has 6 aromatic rings. The lowest BCUT2D eigenvalue weighted by Crippen LogP contribution is -2.54. The first-order chi connectivity index (χ1) is 21.3. The molecule has 0 aliphatic carbocycles. The summed E-state index contributed by atoms with van der Waals surface area (Å²) in [5.41, 5.74) is 12.0. The fourth-order valence-corrected chi connectivity index (χ4v) is 9.63. The van der Waals surface area contributed by atoms with Gasteiger partial charge >= 0.3 is 0 Å². The standard InChI is InChI=1S/C39H39N3OSi/c1-6-26-23-35-29-13-8-7-12-28(29)30-18-16-27-17-19-31-32-14-11-20-40-39(32)43-38(31)37(27)33-15-9-10-21-41(33)25(2)22-34(30)42(35)24-36(26)44(3,4)5/h7-15,17,19-21,23-24,30,34H,2,6,16,18,22H2,1,3-5H3/q+2. The number of aromatic nitrogens is 3. The molecule has 0 bridgehead atoms. The summed E-state index contributed by atoms with van der Waals surface area (Å²) in [5.74, 6) is 0.356. The van der Waals surface area contributed by atoms with E-state index < -0.39 is 8.07 Å². The number of hydrogen-bond acceptors (Lipinski definition) is 2. The highest BCUT2D eigenvalue weighted by Crippen LogP contribution is 2.45. The molecular formula is C39H39N3OSi+2. The van der Waals surface area contributed by atoms with Crippen LogP contribution in [0.1, 0.15) is 48.4 Å². The summed E-state index contributed by atoms with van der Waals surface area (Å²) >= 11 is 0. The van der Waals surface area contributed by atoms with Crippen LogP contribution in [0.15, 0.2) is 102 Å². The first-order valence-electron chi connectivity index (χ1n) is 16.0. The predicted octanol–water partition coefficient (Wildman–Crippen LogP) is 8.14. The Morgan fingerprint density at radius 1 is 0.955 bits per heavy atom. The van der Waals surface area contributed by atoms with Gasteiger partial charge in [0.1, 0.15) is 0 Å². The molecule has 0 radical (unpaired) electrons. The van der Waals surface area contributed by atoms with Crippen LogP contribution in [-0.4, -0.2) is 13.1 Å². The van der Waals surface area contributed by atoms with Gasteiger partial charge in [0, 0.05) is 51.8 Å². The molecular weight excluding hydrogens is 555 g/mol. The Morgan fingerprint density at radius 2 is 1.80 bits per heavy atom. The number of fused-ring (bicyclic) bond motifs is 13. The summed E-state index contributed by atoms with van der Waals surface area (Å²) in [5, 5.41) is 3.74. The van der Waals surface area contributed by atoms with Gasteiger partial charge in [0.15, 0.2) is 29.7 Å². The van der Waals surface area contributed by atoms with Crippen molar-refractivity contribution in [3.05, 3.63) is 115 Å². The Kier molecular flexibility index (Phi) is 6.25. The quantitative estimate of drug-likeness (QED) is 0.150. The molecule has 4 nitrogen and oxygen atoms in total. The molecule has 6 heterocycles. The second kappa shape index (κ2) is 10.1. The van der Waals surface area contributed by atoms with Crippen LogP contribution in [0.2, 0.25) is 19.6 Å². The highest BCUT2D eigenvalue weighted by atomic mass is 28.3. The third-order valence-electron chi connectivity index (χ3n) is 9.98. The largest absolute Gasteiger partial charge is 0.437 e. The molecule has 2 atom stereocenters. The van der Waals surface area contributed by atoms with Crippen molar-refractivity contribution >= 4 is 41.0 Å². The predicted molar refractivity (Wildman–Crippen MR) is 182 cm³/mol. The average molecular weight is 594 g/mol. The van der Waals surface area contributed by atoms with Crippen LogP contribution in [0.5, 0.6) is 0 Å². The van der Waals surface area contributed by atoms with Gasteiger partial charge in [0.05, 0.1) is 20.1 Å². The van der Waals surface area contributed by atoms with Gasteiger partial charge in [-0.15, -0.1) is 0 Å². The van der Waals surface area contributed by atoms with Crippen LogP contribution < -0.4 is 14.3 Å². The molecule has 0 spiro atoms. The zero-order valence-corrected chi connectivity index (χ0v) is 27.1. The van der Waals surface area contributed by atoms with Crippen molar-refractivity contribution in [2.75, 3.05) is 0 Å². The number of rotatable bonds is 2. The minimum absolute atomic E-state index is 0.273. The minimum atomic E-state index is -1.57. The maximum Gasteiger partial charge on any atom is 0.227 e. The first kappa shape index (κ1) is 27.2. The fraction of sp³-hybridized carbons (Fsp3) is 0.256. The lowest BCUT2D eigenvalue weighted by molar-refractivity contribution is -0.719. The summed E-state index contributed by atoms with van der Waals surface area (Å²) < 4.78 is 11.5. The molecule has 4 aromatic heterocycles. The molecule has 2 aliphatic rings. The van der Waals surface area contributed by atoms with Crippen LogP contribution in [0.25, 0.3) is 50.3 Å². The second-order valence-electron chi connectivity index (χ2n) is 13.6. The third kappa shape index (κ3) is 4.13. The summed E-state index contributed by atoms with van der Waals surface area (Å²) in [4.78, 5) is 4.56. The van der Waals surface area contributed by atoms with Crippen LogP contribution >= 0.6 is 0 Å². The van der Waals surface area contributed by atoms with E-state index in [2.05, 4.69) is 120 Å². The van der Waals surface area contributed by atoms with Gasteiger partial charge in [0.25, 0.3) is 0 Å². The molecule has 5 heteroatoms. The fourth-order valence-electron chi connectivity index (χ4n) is 7.89. The van der Waals surface area contributed by atoms with Crippen LogP contribution in [0.3, 0.4) is 0 Å². The van der Waals surface area contributed by atoms with Gasteiger partial charge in [-0.05, 0) is 66.8 Å². The number of furan rings is 1. The smallest absolute Gasteiger partial charge is 0.227 e. The van der Waals surface area contributed by atoms with E-state index >= 15 is 0 Å².